The van der Waals surface area contributed by atoms with Crippen molar-refractivity contribution in [2.45, 2.75) is 37.2 Å². The van der Waals surface area contributed by atoms with Crippen LogP contribution in [-0.4, -0.2) is 23.7 Å². The van der Waals surface area contributed by atoms with Gasteiger partial charge in [-0.05, 0) is 61.6 Å². The zero-order valence-corrected chi connectivity index (χ0v) is 15.6. The standard InChI is InChI=1S/C20H19F2NO3S/c1-12(20(25)23-18-10-15(21)6-8-17(18)22)26-19(24)11-27-16-7-5-13-3-2-4-14(13)9-16/h5-10,12H,2-4,11H2,1H3,(H,23,25)/t12-/m1/s1. The number of nitrogens with one attached hydrogen (secondary N) is 1. The molecule has 4 nitrogen and oxygen atoms in total. The number of thioether (sulfide) groups is 1. The second-order valence-electron chi connectivity index (χ2n) is 6.32. The first-order chi connectivity index (χ1) is 12.9. The molecule has 1 atom stereocenters. The molecule has 0 aliphatic heterocycles. The summed E-state index contributed by atoms with van der Waals surface area (Å²) in [7, 11) is 0. The van der Waals surface area contributed by atoms with Crippen LogP contribution in [0.4, 0.5) is 14.5 Å². The summed E-state index contributed by atoms with van der Waals surface area (Å²) in [6.45, 7) is 1.38. The maximum atomic E-state index is 13.6. The van der Waals surface area contributed by atoms with Crippen LogP contribution in [0.5, 0.6) is 0 Å². The first kappa shape index (κ1) is 19.4. The van der Waals surface area contributed by atoms with Crippen molar-refractivity contribution < 1.29 is 23.1 Å². The third-order valence-corrected chi connectivity index (χ3v) is 5.26. The fourth-order valence-corrected chi connectivity index (χ4v) is 3.64. The molecule has 0 saturated heterocycles. The van der Waals surface area contributed by atoms with Gasteiger partial charge in [0.15, 0.2) is 6.10 Å². The van der Waals surface area contributed by atoms with Crippen LogP contribution in [-0.2, 0) is 27.2 Å². The summed E-state index contributed by atoms with van der Waals surface area (Å²) < 4.78 is 31.8. The Bertz CT molecular complexity index is 872. The number of rotatable bonds is 6. The molecule has 0 radical (unpaired) electrons. The van der Waals surface area contributed by atoms with E-state index in [1.807, 2.05) is 6.07 Å². The number of ether oxygens (including phenoxy) is 1. The predicted molar refractivity (Wildman–Crippen MR) is 99.7 cm³/mol. The molecule has 0 spiro atoms. The van der Waals surface area contributed by atoms with Gasteiger partial charge in [0.1, 0.15) is 11.6 Å². The zero-order valence-electron chi connectivity index (χ0n) is 14.8. The molecule has 7 heteroatoms. The van der Waals surface area contributed by atoms with E-state index in [2.05, 4.69) is 17.4 Å². The maximum Gasteiger partial charge on any atom is 0.317 e. The van der Waals surface area contributed by atoms with Gasteiger partial charge in [-0.1, -0.05) is 6.07 Å². The van der Waals surface area contributed by atoms with Gasteiger partial charge in [0.25, 0.3) is 5.91 Å². The molecule has 142 valence electrons. The van der Waals surface area contributed by atoms with Crippen LogP contribution in [0.25, 0.3) is 0 Å². The van der Waals surface area contributed by atoms with Crippen molar-refractivity contribution in [3.8, 4) is 0 Å². The minimum absolute atomic E-state index is 0.0603. The molecule has 0 aromatic heterocycles. The Labute approximate surface area is 160 Å². The Balaban J connectivity index is 1.49. The number of hydrogen-bond acceptors (Lipinski definition) is 4. The lowest BCUT2D eigenvalue weighted by atomic mass is 10.1. The van der Waals surface area contributed by atoms with Gasteiger partial charge in [0, 0.05) is 11.0 Å². The maximum absolute atomic E-state index is 13.6. The average molecular weight is 391 g/mol. The summed E-state index contributed by atoms with van der Waals surface area (Å²) in [5, 5.41) is 2.22. The van der Waals surface area contributed by atoms with Gasteiger partial charge in [-0.15, -0.1) is 11.8 Å². The number of halogens is 2. The van der Waals surface area contributed by atoms with Crippen LogP contribution in [0.3, 0.4) is 0 Å². The van der Waals surface area contributed by atoms with Crippen LogP contribution in [0.15, 0.2) is 41.3 Å². The van der Waals surface area contributed by atoms with Crippen molar-refractivity contribution in [3.05, 3.63) is 59.2 Å². The second kappa shape index (κ2) is 8.52. The molecule has 0 fully saturated rings. The molecule has 2 aromatic rings. The largest absolute Gasteiger partial charge is 0.452 e. The molecule has 0 heterocycles. The van der Waals surface area contributed by atoms with E-state index in [4.69, 9.17) is 4.74 Å². The molecule has 27 heavy (non-hydrogen) atoms. The van der Waals surface area contributed by atoms with E-state index in [0.717, 1.165) is 42.4 Å². The number of aryl methyl sites for hydroxylation is 2. The van der Waals surface area contributed by atoms with E-state index in [9.17, 15) is 18.4 Å². The summed E-state index contributed by atoms with van der Waals surface area (Å²) in [4.78, 5) is 25.0. The Morgan fingerprint density at radius 3 is 2.74 bits per heavy atom. The van der Waals surface area contributed by atoms with Gasteiger partial charge < -0.3 is 10.1 Å². The Morgan fingerprint density at radius 2 is 1.93 bits per heavy atom. The molecular weight excluding hydrogens is 372 g/mol. The minimum Gasteiger partial charge on any atom is -0.452 e. The van der Waals surface area contributed by atoms with Gasteiger partial charge in [-0.2, -0.15) is 0 Å². The van der Waals surface area contributed by atoms with Crippen LogP contribution in [0.2, 0.25) is 0 Å². The Kier molecular flexibility index (Phi) is 6.11. The lowest BCUT2D eigenvalue weighted by Crippen LogP contribution is -2.30. The van der Waals surface area contributed by atoms with Crippen LogP contribution >= 0.6 is 11.8 Å². The quantitative estimate of drug-likeness (QED) is 0.595. The Hall–Kier alpha value is -2.41. The topological polar surface area (TPSA) is 55.4 Å². The molecule has 3 rings (SSSR count). The monoisotopic (exact) mass is 391 g/mol. The van der Waals surface area contributed by atoms with Crippen LogP contribution < -0.4 is 5.32 Å². The molecule has 2 aromatic carbocycles. The molecule has 0 saturated carbocycles. The first-order valence-electron chi connectivity index (χ1n) is 8.62. The van der Waals surface area contributed by atoms with E-state index in [-0.39, 0.29) is 11.4 Å². The highest BCUT2D eigenvalue weighted by Crippen LogP contribution is 2.27. The predicted octanol–water partition coefficient (Wildman–Crippen LogP) is 4.12. The fraction of sp³-hybridized carbons (Fsp3) is 0.300. The molecule has 1 amide bonds. The third kappa shape index (κ3) is 5.07. The van der Waals surface area contributed by atoms with Crippen molar-refractivity contribution in [3.63, 3.8) is 0 Å². The van der Waals surface area contributed by atoms with Crippen molar-refractivity contribution in [1.82, 2.24) is 0 Å². The van der Waals surface area contributed by atoms with E-state index >= 15 is 0 Å². The van der Waals surface area contributed by atoms with E-state index in [1.165, 1.54) is 29.8 Å². The van der Waals surface area contributed by atoms with E-state index in [1.54, 1.807) is 0 Å². The number of amides is 1. The number of benzene rings is 2. The average Bonchev–Trinajstić information content (AvgIpc) is 3.10. The van der Waals surface area contributed by atoms with E-state index in [0.29, 0.717) is 0 Å². The lowest BCUT2D eigenvalue weighted by Gasteiger charge is -2.14. The number of carbonyl (C=O) groups excluding carboxylic acids is 2. The SMILES string of the molecule is C[C@@H](OC(=O)CSc1ccc2c(c1)CCC2)C(=O)Nc1cc(F)ccc1F. The summed E-state index contributed by atoms with van der Waals surface area (Å²) in [6.07, 6.45) is 2.19. The normalized spacial score (nSPS) is 13.7. The Morgan fingerprint density at radius 1 is 1.15 bits per heavy atom. The number of anilines is 1. The fourth-order valence-electron chi connectivity index (χ4n) is 2.89. The summed E-state index contributed by atoms with van der Waals surface area (Å²) in [5.41, 5.74) is 2.38. The van der Waals surface area contributed by atoms with Crippen molar-refractivity contribution in [1.29, 1.82) is 0 Å². The first-order valence-corrected chi connectivity index (χ1v) is 9.61. The molecule has 0 bridgehead atoms. The lowest BCUT2D eigenvalue weighted by molar-refractivity contribution is -0.150. The molecule has 1 N–H and O–H groups in total. The smallest absolute Gasteiger partial charge is 0.317 e. The van der Waals surface area contributed by atoms with E-state index < -0.39 is 29.6 Å². The molecule has 1 aliphatic rings. The summed E-state index contributed by atoms with van der Waals surface area (Å²) in [5.74, 6) is -2.67. The zero-order chi connectivity index (χ0) is 19.4. The molecular formula is C20H19F2NO3S. The summed E-state index contributed by atoms with van der Waals surface area (Å²) in [6, 6.07) is 8.87. The van der Waals surface area contributed by atoms with Gasteiger partial charge in [-0.25, -0.2) is 8.78 Å². The minimum atomic E-state index is -1.12. The number of hydrogen-bond donors (Lipinski definition) is 1. The van der Waals surface area contributed by atoms with Crippen molar-refractivity contribution in [2.75, 3.05) is 11.1 Å². The molecule has 0 unspecified atom stereocenters. The summed E-state index contributed by atoms with van der Waals surface area (Å²) >= 11 is 1.34. The second-order valence-corrected chi connectivity index (χ2v) is 7.37. The van der Waals surface area contributed by atoms with Gasteiger partial charge in [0.05, 0.1) is 11.4 Å². The highest BCUT2D eigenvalue weighted by atomic mass is 32.2. The third-order valence-electron chi connectivity index (χ3n) is 4.29. The van der Waals surface area contributed by atoms with Gasteiger partial charge in [0.2, 0.25) is 0 Å². The number of fused-ring (bicyclic) bond motifs is 1. The van der Waals surface area contributed by atoms with Gasteiger partial charge in [-0.3, -0.25) is 9.59 Å². The van der Waals surface area contributed by atoms with Crippen LogP contribution in [0.1, 0.15) is 24.5 Å². The number of carbonyl (C=O) groups is 2. The molecule has 1 aliphatic carbocycles. The highest BCUT2D eigenvalue weighted by molar-refractivity contribution is 8.00. The highest BCUT2D eigenvalue weighted by Gasteiger charge is 2.20. The van der Waals surface area contributed by atoms with Gasteiger partial charge >= 0.3 is 5.97 Å². The van der Waals surface area contributed by atoms with Crippen molar-refractivity contribution >= 4 is 29.3 Å². The van der Waals surface area contributed by atoms with Crippen molar-refractivity contribution in [2.24, 2.45) is 0 Å². The van der Waals surface area contributed by atoms with Crippen LogP contribution in [0, 0.1) is 11.6 Å². The number of esters is 1.